The molecule has 0 unspecified atom stereocenters. The average Bonchev–Trinajstić information content (AvgIpc) is 3.20. The SMILES string of the molecule is CCCOc1ccc(Oc2ncc(/C=C/[C@H](C)NC(=O)c3ccncc3)s2)c(Cl)c1. The number of benzene rings is 1. The molecule has 0 aliphatic heterocycles. The molecule has 8 heteroatoms. The molecule has 0 aliphatic carbocycles. The predicted octanol–water partition coefficient (Wildman–Crippen LogP) is 5.60. The average molecular weight is 444 g/mol. The largest absolute Gasteiger partial charge is 0.494 e. The number of amides is 1. The number of nitrogens with zero attached hydrogens (tertiary/aromatic N) is 2. The van der Waals surface area contributed by atoms with Crippen molar-refractivity contribution < 1.29 is 14.3 Å². The Kier molecular flexibility index (Phi) is 7.82. The molecule has 0 fully saturated rings. The van der Waals surface area contributed by atoms with Crippen molar-refractivity contribution >= 4 is 34.9 Å². The third-order valence-corrected chi connectivity index (χ3v) is 5.06. The summed E-state index contributed by atoms with van der Waals surface area (Å²) in [5.41, 5.74) is 0.571. The maximum absolute atomic E-state index is 12.2. The molecule has 30 heavy (non-hydrogen) atoms. The Morgan fingerprint density at radius 2 is 2.10 bits per heavy atom. The summed E-state index contributed by atoms with van der Waals surface area (Å²) in [4.78, 5) is 21.2. The van der Waals surface area contributed by atoms with Gasteiger partial charge in [0.25, 0.3) is 11.1 Å². The first-order valence-electron chi connectivity index (χ1n) is 9.50. The van der Waals surface area contributed by atoms with Gasteiger partial charge in [-0.05, 0) is 43.7 Å². The van der Waals surface area contributed by atoms with Crippen LogP contribution in [0.4, 0.5) is 0 Å². The van der Waals surface area contributed by atoms with E-state index in [2.05, 4.69) is 15.3 Å². The van der Waals surface area contributed by atoms with Crippen molar-refractivity contribution in [2.45, 2.75) is 26.3 Å². The first-order valence-corrected chi connectivity index (χ1v) is 10.7. The topological polar surface area (TPSA) is 73.3 Å². The molecular formula is C22H22ClN3O3S. The molecule has 3 rings (SSSR count). The van der Waals surface area contributed by atoms with Crippen molar-refractivity contribution in [1.82, 2.24) is 15.3 Å². The van der Waals surface area contributed by atoms with Gasteiger partial charge in [-0.2, -0.15) is 0 Å². The minimum atomic E-state index is -0.151. The maximum atomic E-state index is 12.2. The lowest BCUT2D eigenvalue weighted by molar-refractivity contribution is 0.0947. The van der Waals surface area contributed by atoms with Gasteiger partial charge in [0.05, 0.1) is 16.5 Å². The first-order chi connectivity index (χ1) is 14.5. The molecule has 0 saturated heterocycles. The van der Waals surface area contributed by atoms with Gasteiger partial charge in [-0.15, -0.1) is 0 Å². The van der Waals surface area contributed by atoms with E-state index in [1.165, 1.54) is 11.3 Å². The van der Waals surface area contributed by atoms with Crippen LogP contribution in [0.25, 0.3) is 6.08 Å². The summed E-state index contributed by atoms with van der Waals surface area (Å²) >= 11 is 7.66. The molecule has 2 heterocycles. The molecule has 0 saturated carbocycles. The van der Waals surface area contributed by atoms with Crippen molar-refractivity contribution in [3.63, 3.8) is 0 Å². The van der Waals surface area contributed by atoms with E-state index in [9.17, 15) is 4.79 Å². The van der Waals surface area contributed by atoms with Crippen LogP contribution in [-0.2, 0) is 0 Å². The number of carbonyl (C=O) groups is 1. The normalized spacial score (nSPS) is 12.0. The van der Waals surface area contributed by atoms with Gasteiger partial charge < -0.3 is 14.8 Å². The molecule has 156 valence electrons. The standard InChI is InChI=1S/C22H22ClN3O3S/c1-3-12-28-17-5-7-20(19(23)13-17)29-22-25-14-18(30-22)6-4-15(2)26-21(27)16-8-10-24-11-9-16/h4-11,13-15H,3,12H2,1-2H3,(H,26,27)/b6-4+/t15-/m0/s1. The zero-order valence-electron chi connectivity index (χ0n) is 16.7. The second-order valence-electron chi connectivity index (χ2n) is 6.43. The van der Waals surface area contributed by atoms with Crippen molar-refractivity contribution in [2.75, 3.05) is 6.61 Å². The molecule has 2 aromatic heterocycles. The lowest BCUT2D eigenvalue weighted by atomic mass is 10.2. The zero-order chi connectivity index (χ0) is 21.3. The zero-order valence-corrected chi connectivity index (χ0v) is 18.2. The number of thiazole rings is 1. The molecule has 0 aliphatic rings. The lowest BCUT2D eigenvalue weighted by Gasteiger charge is -2.09. The van der Waals surface area contributed by atoms with Crippen LogP contribution in [0.3, 0.4) is 0 Å². The van der Waals surface area contributed by atoms with E-state index in [4.69, 9.17) is 21.1 Å². The highest BCUT2D eigenvalue weighted by molar-refractivity contribution is 7.14. The van der Waals surface area contributed by atoms with E-state index in [0.717, 1.165) is 11.3 Å². The smallest absolute Gasteiger partial charge is 0.279 e. The van der Waals surface area contributed by atoms with Gasteiger partial charge >= 0.3 is 0 Å². The first kappa shape index (κ1) is 21.8. The quantitative estimate of drug-likeness (QED) is 0.465. The Hall–Kier alpha value is -2.90. The highest BCUT2D eigenvalue weighted by Crippen LogP contribution is 2.34. The third kappa shape index (κ3) is 6.30. The van der Waals surface area contributed by atoms with Crippen LogP contribution in [0.2, 0.25) is 5.02 Å². The molecule has 0 bridgehead atoms. The van der Waals surface area contributed by atoms with Crippen LogP contribution in [-0.4, -0.2) is 28.5 Å². The van der Waals surface area contributed by atoms with Crippen molar-refractivity contribution in [1.29, 1.82) is 0 Å². The summed E-state index contributed by atoms with van der Waals surface area (Å²) in [5, 5.41) is 3.85. The number of nitrogens with one attached hydrogen (secondary N) is 1. The van der Waals surface area contributed by atoms with E-state index in [0.29, 0.717) is 33.9 Å². The number of aromatic nitrogens is 2. The maximum Gasteiger partial charge on any atom is 0.279 e. The summed E-state index contributed by atoms with van der Waals surface area (Å²) in [6.07, 6.45) is 9.60. The van der Waals surface area contributed by atoms with Gasteiger partial charge in [0, 0.05) is 36.3 Å². The predicted molar refractivity (Wildman–Crippen MR) is 120 cm³/mol. The summed E-state index contributed by atoms with van der Waals surface area (Å²) in [6.45, 7) is 4.58. The molecule has 1 amide bonds. The van der Waals surface area contributed by atoms with E-state index in [-0.39, 0.29) is 11.9 Å². The van der Waals surface area contributed by atoms with Crippen molar-refractivity contribution in [3.05, 3.63) is 70.5 Å². The molecule has 0 radical (unpaired) electrons. The van der Waals surface area contributed by atoms with Gasteiger partial charge in [0.15, 0.2) is 0 Å². The molecule has 6 nitrogen and oxygen atoms in total. The number of hydrogen-bond acceptors (Lipinski definition) is 6. The fraction of sp³-hybridized carbons (Fsp3) is 0.227. The highest BCUT2D eigenvalue weighted by Gasteiger charge is 2.10. The number of ether oxygens (including phenoxy) is 2. The third-order valence-electron chi connectivity index (χ3n) is 3.93. The lowest BCUT2D eigenvalue weighted by Crippen LogP contribution is -2.30. The summed E-state index contributed by atoms with van der Waals surface area (Å²) in [5.74, 6) is 1.08. The Morgan fingerprint density at radius 1 is 1.30 bits per heavy atom. The Balaban J connectivity index is 1.56. The number of pyridine rings is 1. The van der Waals surface area contributed by atoms with E-state index in [1.807, 2.05) is 32.1 Å². The molecule has 3 aromatic rings. The van der Waals surface area contributed by atoms with Gasteiger partial charge in [-0.25, -0.2) is 4.98 Å². The van der Waals surface area contributed by atoms with Gasteiger partial charge in [-0.3, -0.25) is 9.78 Å². The second kappa shape index (κ2) is 10.8. The Bertz CT molecular complexity index is 1010. The van der Waals surface area contributed by atoms with Crippen LogP contribution in [0.1, 0.15) is 35.5 Å². The monoisotopic (exact) mass is 443 g/mol. The molecule has 1 N–H and O–H groups in total. The summed E-state index contributed by atoms with van der Waals surface area (Å²) in [6, 6.07) is 8.51. The minimum Gasteiger partial charge on any atom is -0.494 e. The fourth-order valence-electron chi connectivity index (χ4n) is 2.44. The van der Waals surface area contributed by atoms with Crippen LogP contribution in [0.15, 0.2) is 55.0 Å². The minimum absolute atomic E-state index is 0.149. The van der Waals surface area contributed by atoms with Gasteiger partial charge in [0.1, 0.15) is 11.5 Å². The van der Waals surface area contributed by atoms with Gasteiger partial charge in [-0.1, -0.05) is 35.9 Å². The number of rotatable bonds is 9. The number of hydrogen-bond donors (Lipinski definition) is 1. The Morgan fingerprint density at radius 3 is 2.83 bits per heavy atom. The van der Waals surface area contributed by atoms with Crippen LogP contribution in [0.5, 0.6) is 16.7 Å². The number of halogens is 1. The summed E-state index contributed by atoms with van der Waals surface area (Å²) in [7, 11) is 0. The Labute approximate surface area is 184 Å². The molecular weight excluding hydrogens is 422 g/mol. The summed E-state index contributed by atoms with van der Waals surface area (Å²) < 4.78 is 11.3. The van der Waals surface area contributed by atoms with Crippen LogP contribution < -0.4 is 14.8 Å². The number of carbonyl (C=O) groups excluding carboxylic acids is 1. The molecule has 1 atom stereocenters. The molecule has 1 aromatic carbocycles. The van der Waals surface area contributed by atoms with E-state index >= 15 is 0 Å². The van der Waals surface area contributed by atoms with Crippen LogP contribution >= 0.6 is 22.9 Å². The van der Waals surface area contributed by atoms with Crippen LogP contribution in [0, 0.1) is 0 Å². The fourth-order valence-corrected chi connectivity index (χ4v) is 3.34. The highest BCUT2D eigenvalue weighted by atomic mass is 35.5. The molecule has 0 spiro atoms. The van der Waals surface area contributed by atoms with Crippen molar-refractivity contribution in [3.8, 4) is 16.7 Å². The van der Waals surface area contributed by atoms with E-state index < -0.39 is 0 Å². The van der Waals surface area contributed by atoms with E-state index in [1.54, 1.807) is 42.9 Å². The van der Waals surface area contributed by atoms with Gasteiger partial charge in [0.2, 0.25) is 0 Å². The van der Waals surface area contributed by atoms with Crippen molar-refractivity contribution in [2.24, 2.45) is 0 Å². The second-order valence-corrected chi connectivity index (χ2v) is 7.86.